The molecule has 0 aromatic rings. The van der Waals surface area contributed by atoms with Crippen molar-refractivity contribution in [2.75, 3.05) is 0 Å². The molecule has 0 bridgehead atoms. The van der Waals surface area contributed by atoms with Crippen molar-refractivity contribution < 1.29 is 26.2 Å². The van der Waals surface area contributed by atoms with Gasteiger partial charge in [-0.2, -0.15) is 0 Å². The number of hydrogen-bond donors (Lipinski definition) is 0. The summed E-state index contributed by atoms with van der Waals surface area (Å²) in [4.78, 5) is 10.5. The molecular weight excluding hydrogens is 416 g/mol. The zero-order chi connectivity index (χ0) is 17.5. The summed E-state index contributed by atoms with van der Waals surface area (Å²) in [5.74, 6) is 2.38. The Morgan fingerprint density at radius 2 is 0.840 bits per heavy atom. The predicted octanol–water partition coefficient (Wildman–Crippen LogP) is 7.52. The molecule has 0 N–H and O–H groups in total. The van der Waals surface area contributed by atoms with Crippen molar-refractivity contribution in [2.24, 2.45) is 17.8 Å². The van der Waals surface area contributed by atoms with Crippen LogP contribution in [0.2, 0.25) is 37.3 Å². The molecule has 1 aliphatic rings. The van der Waals surface area contributed by atoms with Crippen molar-refractivity contribution in [3.05, 3.63) is 24.8 Å². The van der Waals surface area contributed by atoms with Crippen LogP contribution in [-0.4, -0.2) is 28.6 Å². The van der Waals surface area contributed by atoms with Gasteiger partial charge in [0, 0.05) is 0 Å². The van der Waals surface area contributed by atoms with E-state index in [1.165, 1.54) is 0 Å². The first kappa shape index (κ1) is 30.9. The van der Waals surface area contributed by atoms with Crippen molar-refractivity contribution in [3.8, 4) is 0 Å². The largest absolute Gasteiger partial charge is 4.00 e. The molecule has 4 atom stereocenters. The van der Waals surface area contributed by atoms with Gasteiger partial charge in [-0.05, 0) is 17.8 Å². The van der Waals surface area contributed by atoms with Crippen LogP contribution in [0.25, 0.3) is 9.96 Å². The second kappa shape index (κ2) is 11.3. The maximum absolute atomic E-state index is 5.27. The minimum absolute atomic E-state index is 0. The van der Waals surface area contributed by atoms with Crippen molar-refractivity contribution in [3.63, 3.8) is 0 Å². The molecule has 5 heteroatoms. The van der Waals surface area contributed by atoms with Crippen LogP contribution < -0.4 is 0 Å². The molecule has 148 valence electrons. The SMILES string of the molecule is CC(C)[N-][Si](C)(C)C1C(C)C(C)C(C)C1[Si](C)(C)[N-]C(C)C.[CH3-].[CH3-].[Zr+4]. The summed E-state index contributed by atoms with van der Waals surface area (Å²) in [6, 6.07) is 0.931. The van der Waals surface area contributed by atoms with E-state index in [2.05, 4.69) is 74.7 Å². The summed E-state index contributed by atoms with van der Waals surface area (Å²) < 4.78 is 0. The van der Waals surface area contributed by atoms with Crippen molar-refractivity contribution in [2.45, 2.75) is 97.8 Å². The summed E-state index contributed by atoms with van der Waals surface area (Å²) in [7, 11) is -3.21. The topological polar surface area (TPSA) is 28.2 Å². The van der Waals surface area contributed by atoms with E-state index in [1.54, 1.807) is 0 Å². The minimum atomic E-state index is -1.60. The summed E-state index contributed by atoms with van der Waals surface area (Å²) in [6.07, 6.45) is 0. The third-order valence-corrected chi connectivity index (χ3v) is 13.7. The molecule has 1 rings (SSSR count). The van der Waals surface area contributed by atoms with E-state index >= 15 is 0 Å². The van der Waals surface area contributed by atoms with Gasteiger partial charge in [0.15, 0.2) is 0 Å². The Morgan fingerprint density at radius 1 is 0.600 bits per heavy atom. The van der Waals surface area contributed by atoms with Crippen molar-refractivity contribution >= 4 is 16.5 Å². The van der Waals surface area contributed by atoms with Crippen LogP contribution in [0.1, 0.15) is 48.5 Å². The molecule has 2 nitrogen and oxygen atoms in total. The average molecular weight is 462 g/mol. The Hall–Kier alpha value is 1.24. The Kier molecular flexibility index (Phi) is 14.0. The quantitative estimate of drug-likeness (QED) is 0.289. The van der Waals surface area contributed by atoms with Gasteiger partial charge in [-0.25, -0.2) is 0 Å². The molecule has 4 unspecified atom stereocenters. The first-order valence-electron chi connectivity index (χ1n) is 9.25. The standard InChI is InChI=1S/C18H40N2Si2.2CH3.Zr/c1-12(2)19-21(8,9)17-15(6)14(5)16(7)18(17)22(10,11)20-13(3)4;;;/h12-18H,1-11H3;2*1H3;/q-2;2*-1;+4. The third-order valence-electron chi connectivity index (χ3n) is 5.99. The summed E-state index contributed by atoms with van der Waals surface area (Å²) in [5, 5.41) is 0. The Morgan fingerprint density at radius 3 is 1.04 bits per heavy atom. The fourth-order valence-corrected chi connectivity index (χ4v) is 16.5. The van der Waals surface area contributed by atoms with Crippen LogP contribution in [0.15, 0.2) is 0 Å². The number of rotatable bonds is 6. The van der Waals surface area contributed by atoms with Crippen LogP contribution in [-0.2, 0) is 26.2 Å². The molecule has 0 aromatic heterocycles. The fourth-order valence-electron chi connectivity index (χ4n) is 5.46. The third kappa shape index (κ3) is 7.29. The molecule has 0 amide bonds. The molecule has 0 heterocycles. The molecule has 25 heavy (non-hydrogen) atoms. The van der Waals surface area contributed by atoms with Crippen LogP contribution in [0.5, 0.6) is 0 Å². The molecule has 0 aliphatic heterocycles. The molecule has 0 aromatic carbocycles. The van der Waals surface area contributed by atoms with Crippen LogP contribution in [0, 0.1) is 32.6 Å². The molecule has 1 fully saturated rings. The minimum Gasteiger partial charge on any atom is -0.662 e. The van der Waals surface area contributed by atoms with Crippen molar-refractivity contribution in [1.29, 1.82) is 0 Å². The van der Waals surface area contributed by atoms with Gasteiger partial charge in [0.05, 0.1) is 0 Å². The maximum atomic E-state index is 5.27. The number of hydrogen-bond acceptors (Lipinski definition) is 0. The van der Waals surface area contributed by atoms with Gasteiger partial charge in [0.25, 0.3) is 0 Å². The maximum Gasteiger partial charge on any atom is 4.00 e. The van der Waals surface area contributed by atoms with Crippen LogP contribution in [0.3, 0.4) is 0 Å². The smallest absolute Gasteiger partial charge is 0.662 e. The van der Waals surface area contributed by atoms with Crippen molar-refractivity contribution in [1.82, 2.24) is 0 Å². The second-order valence-electron chi connectivity index (χ2n) is 9.38. The van der Waals surface area contributed by atoms with Gasteiger partial charge in [-0.15, -0.1) is 12.1 Å². The zero-order valence-electron chi connectivity index (χ0n) is 19.4. The molecular formula is C20H46N2Si2Zr. The first-order valence-corrected chi connectivity index (χ1v) is 15.3. The summed E-state index contributed by atoms with van der Waals surface area (Å²) >= 11 is 0. The van der Waals surface area contributed by atoms with Gasteiger partial charge >= 0.3 is 26.2 Å². The molecule has 0 radical (unpaired) electrons. The van der Waals surface area contributed by atoms with Gasteiger partial charge in [0.2, 0.25) is 0 Å². The van der Waals surface area contributed by atoms with E-state index in [0.717, 1.165) is 28.8 Å². The Balaban J connectivity index is -0.00000161. The van der Waals surface area contributed by atoms with Crippen LogP contribution in [0.4, 0.5) is 0 Å². The average Bonchev–Trinajstić information content (AvgIpc) is 2.51. The molecule has 0 spiro atoms. The van der Waals surface area contributed by atoms with Gasteiger partial charge < -0.3 is 24.8 Å². The van der Waals surface area contributed by atoms with Gasteiger partial charge in [0.1, 0.15) is 0 Å². The predicted molar refractivity (Wildman–Crippen MR) is 120 cm³/mol. The van der Waals surface area contributed by atoms with E-state index in [0.29, 0.717) is 12.1 Å². The molecule has 1 aliphatic carbocycles. The van der Waals surface area contributed by atoms with E-state index in [1.807, 2.05) is 0 Å². The fraction of sp³-hybridized carbons (Fsp3) is 0.900. The Labute approximate surface area is 182 Å². The van der Waals surface area contributed by atoms with E-state index in [4.69, 9.17) is 9.96 Å². The summed E-state index contributed by atoms with van der Waals surface area (Å²) in [6.45, 7) is 26.5. The molecule has 0 saturated heterocycles. The first-order chi connectivity index (χ1) is 9.81. The monoisotopic (exact) mass is 460 g/mol. The number of nitrogens with zero attached hydrogens (tertiary/aromatic N) is 2. The normalized spacial score (nSPS) is 29.9. The Bertz CT molecular complexity index is 339. The summed E-state index contributed by atoms with van der Waals surface area (Å²) in [5.41, 5.74) is 1.59. The van der Waals surface area contributed by atoms with Crippen LogP contribution >= 0.6 is 0 Å². The van der Waals surface area contributed by atoms with E-state index < -0.39 is 16.5 Å². The zero-order valence-corrected chi connectivity index (χ0v) is 23.9. The van der Waals surface area contributed by atoms with Gasteiger partial charge in [-0.3, -0.25) is 0 Å². The second-order valence-corrected chi connectivity index (χ2v) is 17.8. The van der Waals surface area contributed by atoms with E-state index in [-0.39, 0.29) is 41.1 Å². The van der Waals surface area contributed by atoms with Gasteiger partial charge in [-0.1, -0.05) is 102 Å². The van der Waals surface area contributed by atoms with E-state index in [9.17, 15) is 0 Å². The molecule has 1 saturated carbocycles.